The Morgan fingerprint density at radius 3 is 2.29 bits per heavy atom. The van der Waals surface area contributed by atoms with Crippen molar-refractivity contribution in [3.63, 3.8) is 0 Å². The van der Waals surface area contributed by atoms with E-state index in [0.717, 1.165) is 45.4 Å². The Bertz CT molecular complexity index is 418. The van der Waals surface area contributed by atoms with Gasteiger partial charge in [-0.1, -0.05) is 13.8 Å². The van der Waals surface area contributed by atoms with Crippen LogP contribution in [-0.4, -0.2) is 67.7 Å². The molecule has 4 nitrogen and oxygen atoms in total. The lowest BCUT2D eigenvalue weighted by Crippen LogP contribution is -2.42. The number of likely N-dealkylation sites (N-methyl/N-ethyl adjacent to an activating group) is 1. The highest BCUT2D eigenvalue weighted by atomic mass is 19.4. The van der Waals surface area contributed by atoms with Gasteiger partial charge in [-0.25, -0.2) is 0 Å². The molecule has 140 valence electrons. The predicted molar refractivity (Wildman–Crippen MR) is 87.7 cm³/mol. The minimum Gasteiger partial charge on any atom is -0.341 e. The number of hydrogen-bond acceptors (Lipinski definition) is 3. The van der Waals surface area contributed by atoms with Crippen LogP contribution >= 0.6 is 0 Å². The molecule has 1 unspecified atom stereocenters. The predicted octanol–water partition coefficient (Wildman–Crippen LogP) is 2.50. The molecule has 24 heavy (non-hydrogen) atoms. The first-order chi connectivity index (χ1) is 11.3. The smallest absolute Gasteiger partial charge is 0.341 e. The Morgan fingerprint density at radius 2 is 1.75 bits per heavy atom. The fourth-order valence-corrected chi connectivity index (χ4v) is 3.79. The molecule has 7 heteroatoms. The summed E-state index contributed by atoms with van der Waals surface area (Å²) in [7, 11) is 0. The highest BCUT2D eigenvalue weighted by Crippen LogP contribution is 2.59. The van der Waals surface area contributed by atoms with Gasteiger partial charge in [-0.05, 0) is 50.9 Å². The molecule has 1 spiro atoms. The number of nitrogens with zero attached hydrogens (tertiary/aromatic N) is 2. The summed E-state index contributed by atoms with van der Waals surface area (Å²) in [4.78, 5) is 16.4. The molecule has 2 fully saturated rings. The van der Waals surface area contributed by atoms with Crippen LogP contribution < -0.4 is 5.32 Å². The summed E-state index contributed by atoms with van der Waals surface area (Å²) < 4.78 is 37.9. The average molecular weight is 349 g/mol. The van der Waals surface area contributed by atoms with Crippen molar-refractivity contribution in [3.8, 4) is 0 Å². The summed E-state index contributed by atoms with van der Waals surface area (Å²) in [5, 5.41) is 3.29. The maximum atomic E-state index is 12.8. The van der Waals surface area contributed by atoms with Crippen LogP contribution in [0.2, 0.25) is 0 Å². The average Bonchev–Trinajstić information content (AvgIpc) is 3.23. The maximum Gasteiger partial charge on any atom is 0.390 e. The minimum absolute atomic E-state index is 0.0618. The molecule has 0 aromatic carbocycles. The molecule has 1 heterocycles. The molecule has 0 radical (unpaired) electrons. The lowest BCUT2D eigenvalue weighted by atomic mass is 9.91. The van der Waals surface area contributed by atoms with Crippen molar-refractivity contribution < 1.29 is 18.0 Å². The summed E-state index contributed by atoms with van der Waals surface area (Å²) in [6.45, 7) is 8.37. The van der Waals surface area contributed by atoms with Gasteiger partial charge in [0, 0.05) is 25.6 Å². The van der Waals surface area contributed by atoms with E-state index < -0.39 is 12.6 Å². The molecule has 1 aliphatic carbocycles. The molecule has 1 N–H and O–H groups in total. The quantitative estimate of drug-likeness (QED) is 0.731. The number of carbonyl (C=O) groups is 1. The van der Waals surface area contributed by atoms with Gasteiger partial charge < -0.3 is 15.1 Å². The van der Waals surface area contributed by atoms with E-state index in [4.69, 9.17) is 0 Å². The molecule has 0 aromatic rings. The lowest BCUT2D eigenvalue weighted by Gasteiger charge is -2.29. The van der Waals surface area contributed by atoms with Crippen LogP contribution in [0.1, 0.15) is 39.5 Å². The first kappa shape index (κ1) is 19.5. The molecule has 0 bridgehead atoms. The van der Waals surface area contributed by atoms with Gasteiger partial charge >= 0.3 is 6.18 Å². The van der Waals surface area contributed by atoms with Gasteiger partial charge in [0.15, 0.2) is 0 Å². The van der Waals surface area contributed by atoms with Gasteiger partial charge in [-0.2, -0.15) is 13.2 Å². The van der Waals surface area contributed by atoms with Crippen molar-refractivity contribution in [3.05, 3.63) is 0 Å². The summed E-state index contributed by atoms with van der Waals surface area (Å²) >= 11 is 0. The van der Waals surface area contributed by atoms with Crippen molar-refractivity contribution >= 4 is 5.91 Å². The largest absolute Gasteiger partial charge is 0.390 e. The molecule has 1 saturated heterocycles. The van der Waals surface area contributed by atoms with E-state index in [1.54, 1.807) is 0 Å². The highest BCUT2D eigenvalue weighted by Gasteiger charge is 2.58. The monoisotopic (exact) mass is 349 g/mol. The van der Waals surface area contributed by atoms with E-state index in [-0.39, 0.29) is 23.8 Å². The summed E-state index contributed by atoms with van der Waals surface area (Å²) in [6.07, 6.45) is -2.36. The van der Waals surface area contributed by atoms with E-state index in [0.29, 0.717) is 13.1 Å². The summed E-state index contributed by atoms with van der Waals surface area (Å²) in [6, 6.07) is 0. The molecule has 1 saturated carbocycles. The zero-order valence-corrected chi connectivity index (χ0v) is 14.8. The number of rotatable bonds is 8. The third-order valence-corrected chi connectivity index (χ3v) is 5.64. The van der Waals surface area contributed by atoms with Crippen molar-refractivity contribution in [2.24, 2.45) is 11.3 Å². The Morgan fingerprint density at radius 1 is 1.12 bits per heavy atom. The van der Waals surface area contributed by atoms with E-state index in [1.807, 2.05) is 13.8 Å². The van der Waals surface area contributed by atoms with Crippen molar-refractivity contribution in [2.75, 3.05) is 45.8 Å². The van der Waals surface area contributed by atoms with E-state index in [9.17, 15) is 18.0 Å². The van der Waals surface area contributed by atoms with Crippen LogP contribution in [0.5, 0.6) is 0 Å². The van der Waals surface area contributed by atoms with Gasteiger partial charge in [0.2, 0.25) is 5.91 Å². The lowest BCUT2D eigenvalue weighted by molar-refractivity contribution is -0.146. The Kier molecular flexibility index (Phi) is 6.53. The van der Waals surface area contributed by atoms with Crippen LogP contribution in [0, 0.1) is 11.3 Å². The van der Waals surface area contributed by atoms with Crippen LogP contribution in [-0.2, 0) is 4.79 Å². The molecule has 2 rings (SSSR count). The first-order valence-corrected chi connectivity index (χ1v) is 9.10. The summed E-state index contributed by atoms with van der Waals surface area (Å²) in [5.74, 6) is -0.127. The number of hydrogen-bond donors (Lipinski definition) is 1. The molecular formula is C17H30F3N3O. The maximum absolute atomic E-state index is 12.8. The van der Waals surface area contributed by atoms with E-state index in [1.165, 1.54) is 4.90 Å². The second-order valence-electron chi connectivity index (χ2n) is 7.09. The molecular weight excluding hydrogens is 319 g/mol. The molecule has 0 aromatic heterocycles. The number of piperidine rings is 1. The van der Waals surface area contributed by atoms with Crippen molar-refractivity contribution in [1.29, 1.82) is 0 Å². The molecule has 1 aliphatic heterocycles. The topological polar surface area (TPSA) is 35.6 Å². The van der Waals surface area contributed by atoms with E-state index >= 15 is 0 Å². The fourth-order valence-electron chi connectivity index (χ4n) is 3.79. The number of amides is 1. The van der Waals surface area contributed by atoms with Gasteiger partial charge in [0.05, 0.1) is 6.42 Å². The Balaban J connectivity index is 1.94. The normalized spacial score (nSPS) is 22.8. The zero-order valence-electron chi connectivity index (χ0n) is 14.8. The molecule has 1 amide bonds. The minimum atomic E-state index is -4.22. The van der Waals surface area contributed by atoms with Gasteiger partial charge in [-0.3, -0.25) is 4.79 Å². The standard InChI is InChI=1S/C17H30F3N3O/c1-3-22(4-2)11-12-23(10-7-17(18,19)20)15(24)14-13-16(14)5-8-21-9-6-16/h14,21H,3-13H2,1-2H3. The second-order valence-corrected chi connectivity index (χ2v) is 7.09. The van der Waals surface area contributed by atoms with Crippen molar-refractivity contribution in [1.82, 2.24) is 15.1 Å². The Labute approximate surface area is 142 Å². The number of halogens is 3. The second kappa shape index (κ2) is 8.04. The third kappa shape index (κ3) is 5.09. The zero-order chi connectivity index (χ0) is 17.8. The van der Waals surface area contributed by atoms with Gasteiger partial charge in [0.25, 0.3) is 0 Å². The third-order valence-electron chi connectivity index (χ3n) is 5.64. The molecule has 2 aliphatic rings. The molecule has 1 atom stereocenters. The van der Waals surface area contributed by atoms with Crippen LogP contribution in [0.25, 0.3) is 0 Å². The fraction of sp³-hybridized carbons (Fsp3) is 0.941. The Hall–Kier alpha value is -0.820. The van der Waals surface area contributed by atoms with E-state index in [2.05, 4.69) is 10.2 Å². The van der Waals surface area contributed by atoms with Gasteiger partial charge in [0.1, 0.15) is 0 Å². The van der Waals surface area contributed by atoms with Crippen LogP contribution in [0.4, 0.5) is 13.2 Å². The van der Waals surface area contributed by atoms with Crippen LogP contribution in [0.3, 0.4) is 0 Å². The number of nitrogens with one attached hydrogen (secondary N) is 1. The summed E-state index contributed by atoms with van der Waals surface area (Å²) in [5.41, 5.74) is 0.0635. The SMILES string of the molecule is CCN(CC)CCN(CCC(F)(F)F)C(=O)C1CC12CCNCC2. The highest BCUT2D eigenvalue weighted by molar-refractivity contribution is 5.82. The van der Waals surface area contributed by atoms with Crippen molar-refractivity contribution in [2.45, 2.75) is 45.7 Å². The van der Waals surface area contributed by atoms with Gasteiger partial charge in [-0.15, -0.1) is 0 Å². The number of alkyl halides is 3. The first-order valence-electron chi connectivity index (χ1n) is 9.10. The number of carbonyl (C=O) groups excluding carboxylic acids is 1. The van der Waals surface area contributed by atoms with Crippen LogP contribution in [0.15, 0.2) is 0 Å².